The normalized spacial score (nSPS) is 15.4. The van der Waals surface area contributed by atoms with Crippen LogP contribution in [0.4, 0.5) is 11.4 Å². The van der Waals surface area contributed by atoms with Crippen LogP contribution < -0.4 is 10.2 Å². The molecule has 0 unspecified atom stereocenters. The van der Waals surface area contributed by atoms with E-state index >= 15 is 0 Å². The Kier molecular flexibility index (Phi) is 3.49. The summed E-state index contributed by atoms with van der Waals surface area (Å²) >= 11 is 6.11. The van der Waals surface area contributed by atoms with Crippen molar-refractivity contribution in [2.75, 3.05) is 24.5 Å². The summed E-state index contributed by atoms with van der Waals surface area (Å²) in [4.78, 5) is 12.4. The Balaban J connectivity index is 2.27. The van der Waals surface area contributed by atoms with Gasteiger partial charge in [-0.15, -0.1) is 0 Å². The average molecular weight is 256 g/mol. The van der Waals surface area contributed by atoms with E-state index in [4.69, 9.17) is 11.6 Å². The summed E-state index contributed by atoms with van der Waals surface area (Å²) in [5.41, 5.74) is 0.896. The molecule has 0 radical (unpaired) electrons. The molecule has 0 atom stereocenters. The van der Waals surface area contributed by atoms with Gasteiger partial charge in [0.05, 0.1) is 21.7 Å². The molecule has 1 aliphatic heterocycles. The lowest BCUT2D eigenvalue weighted by Crippen LogP contribution is -2.57. The zero-order chi connectivity index (χ0) is 12.4. The standard InChI is InChI=1S/C11H14ClN3O2/c1-2-14(9-6-13-7-9)11-4-3-8(15(16)17)5-10(11)12/h3-5,9,13H,2,6-7H2,1H3. The van der Waals surface area contributed by atoms with Gasteiger partial charge in [0.1, 0.15) is 0 Å². The first kappa shape index (κ1) is 12.1. The summed E-state index contributed by atoms with van der Waals surface area (Å²) in [5, 5.41) is 14.3. The molecule has 1 N–H and O–H groups in total. The molecule has 92 valence electrons. The highest BCUT2D eigenvalue weighted by Crippen LogP contribution is 2.31. The maximum atomic E-state index is 10.6. The minimum absolute atomic E-state index is 0.0292. The van der Waals surface area contributed by atoms with E-state index in [0.717, 1.165) is 25.3 Å². The van der Waals surface area contributed by atoms with Crippen molar-refractivity contribution in [3.8, 4) is 0 Å². The number of nitrogens with zero attached hydrogens (tertiary/aromatic N) is 2. The molecule has 0 amide bonds. The maximum absolute atomic E-state index is 10.6. The second-order valence-corrected chi connectivity index (χ2v) is 4.40. The van der Waals surface area contributed by atoms with Gasteiger partial charge in [-0.1, -0.05) is 11.6 Å². The van der Waals surface area contributed by atoms with Crippen molar-refractivity contribution >= 4 is 23.0 Å². The number of non-ortho nitro benzene ring substituents is 1. The summed E-state index contributed by atoms with van der Waals surface area (Å²) < 4.78 is 0. The largest absolute Gasteiger partial charge is 0.365 e. The first-order valence-corrected chi connectivity index (χ1v) is 5.92. The number of anilines is 1. The molecule has 0 spiro atoms. The zero-order valence-electron chi connectivity index (χ0n) is 9.52. The average Bonchev–Trinajstić information content (AvgIpc) is 2.23. The van der Waals surface area contributed by atoms with E-state index < -0.39 is 4.92 Å². The van der Waals surface area contributed by atoms with E-state index in [-0.39, 0.29) is 5.69 Å². The highest BCUT2D eigenvalue weighted by Gasteiger charge is 2.25. The third-order valence-electron chi connectivity index (χ3n) is 2.99. The van der Waals surface area contributed by atoms with E-state index in [2.05, 4.69) is 17.1 Å². The third-order valence-corrected chi connectivity index (χ3v) is 3.30. The highest BCUT2D eigenvalue weighted by atomic mass is 35.5. The molecule has 1 heterocycles. The molecule has 1 saturated heterocycles. The number of hydrogen-bond donors (Lipinski definition) is 1. The van der Waals surface area contributed by atoms with E-state index in [0.29, 0.717) is 11.1 Å². The minimum atomic E-state index is -0.434. The molecule has 1 fully saturated rings. The maximum Gasteiger partial charge on any atom is 0.271 e. The summed E-state index contributed by atoms with van der Waals surface area (Å²) in [6.07, 6.45) is 0. The fourth-order valence-corrected chi connectivity index (χ4v) is 2.24. The number of benzene rings is 1. The van der Waals surface area contributed by atoms with Crippen LogP contribution in [0.2, 0.25) is 5.02 Å². The predicted molar refractivity (Wildman–Crippen MR) is 67.8 cm³/mol. The van der Waals surface area contributed by atoms with Crippen molar-refractivity contribution in [3.63, 3.8) is 0 Å². The number of likely N-dealkylation sites (N-methyl/N-ethyl adjacent to an activating group) is 1. The van der Waals surface area contributed by atoms with Crippen molar-refractivity contribution in [1.82, 2.24) is 5.32 Å². The molecule has 0 aliphatic carbocycles. The second-order valence-electron chi connectivity index (χ2n) is 3.99. The molecule has 1 aromatic carbocycles. The molecule has 2 rings (SSSR count). The van der Waals surface area contributed by atoms with Crippen LogP contribution in [-0.2, 0) is 0 Å². The number of rotatable bonds is 4. The van der Waals surface area contributed by atoms with Crippen LogP contribution in [0.1, 0.15) is 6.92 Å². The lowest BCUT2D eigenvalue weighted by Gasteiger charge is -2.39. The lowest BCUT2D eigenvalue weighted by molar-refractivity contribution is -0.384. The molecule has 17 heavy (non-hydrogen) atoms. The summed E-state index contributed by atoms with van der Waals surface area (Å²) in [6, 6.07) is 5.06. The predicted octanol–water partition coefficient (Wildman–Crippen LogP) is 2.05. The van der Waals surface area contributed by atoms with Crippen molar-refractivity contribution in [2.45, 2.75) is 13.0 Å². The molecule has 5 nitrogen and oxygen atoms in total. The highest BCUT2D eigenvalue weighted by molar-refractivity contribution is 6.33. The van der Waals surface area contributed by atoms with Gasteiger partial charge in [-0.3, -0.25) is 10.1 Å². The topological polar surface area (TPSA) is 58.4 Å². The molecule has 1 aliphatic rings. The number of halogens is 1. The van der Waals surface area contributed by atoms with Gasteiger partial charge >= 0.3 is 0 Å². The Hall–Kier alpha value is -1.33. The molecule has 6 heteroatoms. The van der Waals surface area contributed by atoms with Gasteiger partial charge in [0.2, 0.25) is 0 Å². The van der Waals surface area contributed by atoms with Gasteiger partial charge in [0, 0.05) is 31.8 Å². The van der Waals surface area contributed by atoms with Crippen LogP contribution in [0.25, 0.3) is 0 Å². The first-order chi connectivity index (χ1) is 8.13. The van der Waals surface area contributed by atoms with E-state index in [1.54, 1.807) is 6.07 Å². The van der Waals surface area contributed by atoms with Gasteiger partial charge in [-0.05, 0) is 13.0 Å². The third kappa shape index (κ3) is 2.35. The minimum Gasteiger partial charge on any atom is -0.365 e. The summed E-state index contributed by atoms with van der Waals surface area (Å²) in [5.74, 6) is 0. The van der Waals surface area contributed by atoms with Crippen molar-refractivity contribution in [3.05, 3.63) is 33.3 Å². The monoisotopic (exact) mass is 255 g/mol. The van der Waals surface area contributed by atoms with Crippen molar-refractivity contribution in [2.24, 2.45) is 0 Å². The summed E-state index contributed by atoms with van der Waals surface area (Å²) in [6.45, 7) is 4.75. The molecule has 0 saturated carbocycles. The van der Waals surface area contributed by atoms with Gasteiger partial charge < -0.3 is 10.2 Å². The van der Waals surface area contributed by atoms with Crippen LogP contribution in [-0.4, -0.2) is 30.6 Å². The molecule has 1 aromatic rings. The molecule has 0 aromatic heterocycles. The van der Waals surface area contributed by atoms with E-state index in [1.807, 2.05) is 0 Å². The van der Waals surface area contributed by atoms with Crippen LogP contribution >= 0.6 is 11.6 Å². The number of nitrogens with one attached hydrogen (secondary N) is 1. The Morgan fingerprint density at radius 2 is 2.29 bits per heavy atom. The number of nitro groups is 1. The Morgan fingerprint density at radius 1 is 1.59 bits per heavy atom. The van der Waals surface area contributed by atoms with Crippen LogP contribution in [0.3, 0.4) is 0 Å². The fourth-order valence-electron chi connectivity index (χ4n) is 1.96. The zero-order valence-corrected chi connectivity index (χ0v) is 10.3. The van der Waals surface area contributed by atoms with Crippen molar-refractivity contribution < 1.29 is 4.92 Å². The number of hydrogen-bond acceptors (Lipinski definition) is 4. The second kappa shape index (κ2) is 4.89. The van der Waals surface area contributed by atoms with Crippen LogP contribution in [0.5, 0.6) is 0 Å². The smallest absolute Gasteiger partial charge is 0.271 e. The number of nitro benzene ring substituents is 1. The Morgan fingerprint density at radius 3 is 2.71 bits per heavy atom. The van der Waals surface area contributed by atoms with Crippen LogP contribution in [0.15, 0.2) is 18.2 Å². The van der Waals surface area contributed by atoms with Crippen LogP contribution in [0, 0.1) is 10.1 Å². The SMILES string of the molecule is CCN(c1ccc([N+](=O)[O-])cc1Cl)C1CNC1. The van der Waals surface area contributed by atoms with Gasteiger partial charge in [-0.25, -0.2) is 0 Å². The lowest BCUT2D eigenvalue weighted by atomic mass is 10.1. The quantitative estimate of drug-likeness (QED) is 0.661. The first-order valence-electron chi connectivity index (χ1n) is 5.54. The fraction of sp³-hybridized carbons (Fsp3) is 0.455. The van der Waals surface area contributed by atoms with Crippen molar-refractivity contribution in [1.29, 1.82) is 0 Å². The van der Waals surface area contributed by atoms with E-state index in [1.165, 1.54) is 12.1 Å². The molecular weight excluding hydrogens is 242 g/mol. The Bertz CT molecular complexity index is 435. The van der Waals surface area contributed by atoms with Gasteiger partial charge in [-0.2, -0.15) is 0 Å². The van der Waals surface area contributed by atoms with Gasteiger partial charge in [0.15, 0.2) is 0 Å². The molecule has 0 bridgehead atoms. The molecular formula is C11H14ClN3O2. The summed E-state index contributed by atoms with van der Waals surface area (Å²) in [7, 11) is 0. The van der Waals surface area contributed by atoms with E-state index in [9.17, 15) is 10.1 Å². The van der Waals surface area contributed by atoms with Gasteiger partial charge in [0.25, 0.3) is 5.69 Å². The Labute approximate surface area is 105 Å².